The van der Waals surface area contributed by atoms with Crippen molar-refractivity contribution in [1.82, 2.24) is 4.90 Å². The van der Waals surface area contributed by atoms with Crippen LogP contribution >= 0.6 is 23.2 Å². The highest BCUT2D eigenvalue weighted by atomic mass is 35.5. The van der Waals surface area contributed by atoms with Gasteiger partial charge in [0.05, 0.1) is 11.8 Å². The number of anilines is 1. The van der Waals surface area contributed by atoms with Gasteiger partial charge in [0.25, 0.3) is 0 Å². The summed E-state index contributed by atoms with van der Waals surface area (Å²) in [5.41, 5.74) is 3.55. The number of nitrogens with one attached hydrogen (secondary N) is 1. The van der Waals surface area contributed by atoms with E-state index in [1.165, 1.54) is 4.90 Å². The molecule has 3 amide bonds. The van der Waals surface area contributed by atoms with Crippen LogP contribution in [0.5, 0.6) is 11.5 Å². The summed E-state index contributed by atoms with van der Waals surface area (Å²) in [5.74, 6) is -1.54. The molecule has 3 aliphatic carbocycles. The van der Waals surface area contributed by atoms with E-state index in [-0.39, 0.29) is 18.9 Å². The number of benzene rings is 5. The molecule has 1 heterocycles. The number of hydrogen-bond acceptors (Lipinski definition) is 4. The Labute approximate surface area is 269 Å². The number of imide groups is 1. The highest BCUT2D eigenvalue weighted by Gasteiger charge is 2.72. The minimum absolute atomic E-state index is 0.0738. The van der Waals surface area contributed by atoms with Crippen molar-refractivity contribution < 1.29 is 19.1 Å². The maximum absolute atomic E-state index is 14.0. The first-order chi connectivity index (χ1) is 21.8. The molecular weight excluding hydrogens is 607 g/mol. The van der Waals surface area contributed by atoms with Crippen molar-refractivity contribution in [3.63, 3.8) is 0 Å². The summed E-state index contributed by atoms with van der Waals surface area (Å²) in [6.45, 7) is -0.0780. The molecule has 2 bridgehead atoms. The molecule has 222 valence electrons. The van der Waals surface area contributed by atoms with Crippen LogP contribution in [0.25, 0.3) is 10.8 Å². The average molecular weight is 634 g/mol. The maximum Gasteiger partial charge on any atom is 0.235 e. The van der Waals surface area contributed by atoms with E-state index in [1.54, 1.807) is 24.3 Å². The van der Waals surface area contributed by atoms with Crippen LogP contribution in [0.3, 0.4) is 0 Å². The number of nitrogens with zero attached hydrogens (tertiary/aromatic N) is 1. The molecule has 1 aliphatic heterocycles. The standard InChI is InChI=1S/C37H26Cl2N2O4/c38-36-26-11-3-4-12-27(26)37(39,29-14-6-5-13-28(29)36)33-32(36)34(43)41(35(33)44)21-20-31(42)40-23-16-18-24(19-17-23)45-30-15-7-9-22-8-1-2-10-25(22)30/h1-19,32-33H,20-21H2,(H,40,42)/t32-,33-,36?,37?/m0/s1. The molecule has 5 aromatic rings. The van der Waals surface area contributed by atoms with Gasteiger partial charge >= 0.3 is 0 Å². The molecule has 0 unspecified atom stereocenters. The molecule has 1 saturated heterocycles. The van der Waals surface area contributed by atoms with E-state index in [2.05, 4.69) is 5.32 Å². The van der Waals surface area contributed by atoms with Crippen molar-refractivity contribution in [2.45, 2.75) is 16.2 Å². The molecule has 2 atom stereocenters. The molecule has 6 nitrogen and oxygen atoms in total. The molecule has 0 radical (unpaired) electrons. The molecule has 45 heavy (non-hydrogen) atoms. The topological polar surface area (TPSA) is 75.7 Å². The van der Waals surface area contributed by atoms with Gasteiger partial charge in [0, 0.05) is 24.0 Å². The Morgan fingerprint density at radius 2 is 1.20 bits per heavy atom. The van der Waals surface area contributed by atoms with Crippen LogP contribution in [0.4, 0.5) is 5.69 Å². The van der Waals surface area contributed by atoms with E-state index in [0.717, 1.165) is 38.8 Å². The summed E-state index contributed by atoms with van der Waals surface area (Å²) >= 11 is 14.9. The summed E-state index contributed by atoms with van der Waals surface area (Å²) in [6.07, 6.45) is -0.0738. The predicted octanol–water partition coefficient (Wildman–Crippen LogP) is 7.55. The highest BCUT2D eigenvalue weighted by molar-refractivity contribution is 6.36. The van der Waals surface area contributed by atoms with Crippen LogP contribution in [-0.4, -0.2) is 29.2 Å². The quantitative estimate of drug-likeness (QED) is 0.155. The minimum Gasteiger partial charge on any atom is -0.457 e. The highest BCUT2D eigenvalue weighted by Crippen LogP contribution is 2.69. The van der Waals surface area contributed by atoms with E-state index in [1.807, 2.05) is 91.0 Å². The van der Waals surface area contributed by atoms with Crippen molar-refractivity contribution >= 4 is 57.4 Å². The molecule has 0 spiro atoms. The molecule has 1 N–H and O–H groups in total. The molecule has 0 aromatic heterocycles. The van der Waals surface area contributed by atoms with Crippen LogP contribution < -0.4 is 10.1 Å². The van der Waals surface area contributed by atoms with Crippen molar-refractivity contribution in [3.05, 3.63) is 138 Å². The lowest BCUT2D eigenvalue weighted by atomic mass is 9.54. The van der Waals surface area contributed by atoms with Gasteiger partial charge in [-0.05, 0) is 58.0 Å². The molecule has 0 saturated carbocycles. The summed E-state index contributed by atoms with van der Waals surface area (Å²) in [4.78, 5) is 39.6. The smallest absolute Gasteiger partial charge is 0.235 e. The van der Waals surface area contributed by atoms with E-state index in [4.69, 9.17) is 27.9 Å². The van der Waals surface area contributed by atoms with Gasteiger partial charge in [-0.3, -0.25) is 19.3 Å². The SMILES string of the molecule is O=C(CCN1C(=O)[C@@H]2[C@@H](C1=O)C1(Cl)c3ccccc3C2(Cl)c2ccccc21)Nc1ccc(Oc2cccc3ccccc23)cc1. The molecule has 4 aliphatic rings. The van der Waals surface area contributed by atoms with Crippen LogP contribution in [0.15, 0.2) is 115 Å². The van der Waals surface area contributed by atoms with Gasteiger partial charge in [0.15, 0.2) is 0 Å². The van der Waals surface area contributed by atoms with Gasteiger partial charge in [-0.1, -0.05) is 84.9 Å². The second-order valence-electron chi connectivity index (χ2n) is 11.7. The zero-order valence-corrected chi connectivity index (χ0v) is 25.4. The number of carbonyl (C=O) groups is 3. The third-order valence-corrected chi connectivity index (χ3v) is 10.6. The van der Waals surface area contributed by atoms with Crippen LogP contribution in [0, 0.1) is 11.8 Å². The van der Waals surface area contributed by atoms with Crippen molar-refractivity contribution in [3.8, 4) is 11.5 Å². The number of alkyl halides is 2. The van der Waals surface area contributed by atoms with Gasteiger partial charge in [-0.15, -0.1) is 23.2 Å². The maximum atomic E-state index is 14.0. The number of amides is 3. The van der Waals surface area contributed by atoms with Crippen LogP contribution in [0.1, 0.15) is 28.7 Å². The van der Waals surface area contributed by atoms with Crippen LogP contribution in [-0.2, 0) is 24.1 Å². The first-order valence-electron chi connectivity index (χ1n) is 14.8. The van der Waals surface area contributed by atoms with Crippen molar-refractivity contribution in [2.75, 3.05) is 11.9 Å². The molecular formula is C37H26Cl2N2O4. The number of likely N-dealkylation sites (tertiary alicyclic amines) is 1. The summed E-state index contributed by atoms with van der Waals surface area (Å²) < 4.78 is 6.11. The monoisotopic (exact) mass is 632 g/mol. The van der Waals surface area contributed by atoms with E-state index >= 15 is 0 Å². The number of halogens is 2. The second kappa shape index (κ2) is 10.2. The first kappa shape index (κ1) is 27.9. The molecule has 1 fully saturated rings. The fraction of sp³-hybridized carbons (Fsp3) is 0.162. The van der Waals surface area contributed by atoms with Crippen LogP contribution in [0.2, 0.25) is 0 Å². The fourth-order valence-electron chi connectivity index (χ4n) is 7.40. The zero-order chi connectivity index (χ0) is 30.9. The summed E-state index contributed by atoms with van der Waals surface area (Å²) in [5, 5.41) is 4.94. The Balaban J connectivity index is 0.986. The third kappa shape index (κ3) is 3.99. The molecule has 9 rings (SSSR count). The lowest BCUT2D eigenvalue weighted by molar-refractivity contribution is -0.140. The second-order valence-corrected chi connectivity index (χ2v) is 12.9. The minimum atomic E-state index is -1.24. The Bertz CT molecular complexity index is 1920. The predicted molar refractivity (Wildman–Crippen MR) is 174 cm³/mol. The van der Waals surface area contributed by atoms with Gasteiger partial charge in [-0.2, -0.15) is 0 Å². The first-order valence-corrected chi connectivity index (χ1v) is 15.6. The number of rotatable bonds is 6. The van der Waals surface area contributed by atoms with Crippen molar-refractivity contribution in [1.29, 1.82) is 0 Å². The Kier molecular flexibility index (Phi) is 6.31. The van der Waals surface area contributed by atoms with E-state index in [0.29, 0.717) is 11.4 Å². The van der Waals surface area contributed by atoms with E-state index < -0.39 is 33.4 Å². The number of hydrogen-bond donors (Lipinski definition) is 1. The summed E-state index contributed by atoms with van der Waals surface area (Å²) in [6, 6.07) is 35.9. The van der Waals surface area contributed by atoms with Crippen molar-refractivity contribution in [2.24, 2.45) is 11.8 Å². The number of fused-ring (bicyclic) bond motifs is 1. The molecule has 5 aromatic carbocycles. The molecule has 8 heteroatoms. The fourth-order valence-corrected chi connectivity index (χ4v) is 8.50. The van der Waals surface area contributed by atoms with Gasteiger partial charge in [0.1, 0.15) is 21.2 Å². The Morgan fingerprint density at radius 1 is 0.689 bits per heavy atom. The lowest BCUT2D eigenvalue weighted by Crippen LogP contribution is -2.57. The van der Waals surface area contributed by atoms with Gasteiger partial charge in [-0.25, -0.2) is 0 Å². The van der Waals surface area contributed by atoms with Gasteiger partial charge < -0.3 is 10.1 Å². The largest absolute Gasteiger partial charge is 0.457 e. The number of ether oxygens (including phenoxy) is 1. The third-order valence-electron chi connectivity index (χ3n) is 9.35. The average Bonchev–Trinajstić information content (AvgIpc) is 3.33. The Morgan fingerprint density at radius 3 is 1.78 bits per heavy atom. The lowest BCUT2D eigenvalue weighted by Gasteiger charge is -2.54. The summed E-state index contributed by atoms with van der Waals surface area (Å²) in [7, 11) is 0. The zero-order valence-electron chi connectivity index (χ0n) is 23.9. The van der Waals surface area contributed by atoms with Gasteiger partial charge in [0.2, 0.25) is 17.7 Å². The number of carbonyl (C=O) groups excluding carboxylic acids is 3. The van der Waals surface area contributed by atoms with E-state index in [9.17, 15) is 14.4 Å². The Hall–Kier alpha value is -4.65. The normalized spacial score (nSPS) is 24.3.